The Morgan fingerprint density at radius 3 is 2.48 bits per heavy atom. The number of carbonyl (C=O) groups excluding carboxylic acids is 1. The van der Waals surface area contributed by atoms with Gasteiger partial charge in [0.15, 0.2) is 0 Å². The maximum absolute atomic E-state index is 12.5. The van der Waals surface area contributed by atoms with Crippen LogP contribution in [-0.2, 0) is 9.53 Å². The van der Waals surface area contributed by atoms with Gasteiger partial charge in [-0.2, -0.15) is 0 Å². The molecule has 1 aromatic rings. The third-order valence-corrected chi connectivity index (χ3v) is 4.84. The van der Waals surface area contributed by atoms with Gasteiger partial charge in [-0.15, -0.1) is 0 Å². The van der Waals surface area contributed by atoms with E-state index in [1.807, 2.05) is 12.1 Å². The van der Waals surface area contributed by atoms with E-state index in [0.717, 1.165) is 17.9 Å². The maximum Gasteiger partial charge on any atom is 0.328 e. The number of methoxy groups -OCH3 is 2. The van der Waals surface area contributed by atoms with Crippen molar-refractivity contribution in [3.05, 3.63) is 23.8 Å². The van der Waals surface area contributed by atoms with E-state index in [0.29, 0.717) is 5.92 Å². The van der Waals surface area contributed by atoms with E-state index in [1.165, 1.54) is 12.7 Å². The van der Waals surface area contributed by atoms with Crippen molar-refractivity contribution >= 4 is 11.7 Å². The number of hydrogen-bond donors (Lipinski definition) is 0. The molecule has 4 nitrogen and oxygen atoms in total. The van der Waals surface area contributed by atoms with Crippen LogP contribution in [-0.4, -0.2) is 31.8 Å². The van der Waals surface area contributed by atoms with Crippen LogP contribution in [0.5, 0.6) is 5.75 Å². The minimum absolute atomic E-state index is 0.137. The molecular weight excluding hydrogens is 290 g/mol. The molecule has 0 N–H and O–H groups in total. The number of anilines is 1. The molecule has 0 radical (unpaired) electrons. The highest BCUT2D eigenvalue weighted by Crippen LogP contribution is 2.46. The first-order chi connectivity index (χ1) is 10.7. The number of hydrogen-bond acceptors (Lipinski definition) is 4. The zero-order chi connectivity index (χ0) is 17.4. The fourth-order valence-corrected chi connectivity index (χ4v) is 3.88. The summed E-state index contributed by atoms with van der Waals surface area (Å²) in [6, 6.07) is 5.85. The summed E-state index contributed by atoms with van der Waals surface area (Å²) in [6.45, 7) is 10.8. The van der Waals surface area contributed by atoms with Crippen LogP contribution in [0.15, 0.2) is 18.2 Å². The van der Waals surface area contributed by atoms with Gasteiger partial charge in [0.25, 0.3) is 0 Å². The van der Waals surface area contributed by atoms with Crippen LogP contribution in [0.2, 0.25) is 0 Å². The summed E-state index contributed by atoms with van der Waals surface area (Å²) in [7, 11) is 3.13. The van der Waals surface area contributed by atoms with Crippen molar-refractivity contribution in [2.75, 3.05) is 19.1 Å². The molecule has 2 rings (SSSR count). The summed E-state index contributed by atoms with van der Waals surface area (Å²) >= 11 is 0. The predicted octanol–water partition coefficient (Wildman–Crippen LogP) is 3.99. The van der Waals surface area contributed by atoms with E-state index in [-0.39, 0.29) is 23.5 Å². The molecule has 0 spiro atoms. The van der Waals surface area contributed by atoms with Gasteiger partial charge in [-0.05, 0) is 43.7 Å². The summed E-state index contributed by atoms with van der Waals surface area (Å²) in [4.78, 5) is 14.7. The molecule has 1 aliphatic heterocycles. The number of rotatable bonds is 4. The van der Waals surface area contributed by atoms with E-state index in [9.17, 15) is 4.79 Å². The molecule has 0 saturated heterocycles. The normalized spacial score (nSPS) is 20.9. The van der Waals surface area contributed by atoms with Crippen LogP contribution in [0.25, 0.3) is 0 Å². The lowest BCUT2D eigenvalue weighted by molar-refractivity contribution is -0.143. The number of carbonyl (C=O) groups is 1. The first kappa shape index (κ1) is 17.6. The van der Waals surface area contributed by atoms with E-state index < -0.39 is 0 Å². The van der Waals surface area contributed by atoms with Crippen molar-refractivity contribution in [1.29, 1.82) is 0 Å². The molecular formula is C19H29NO3. The Bertz CT molecular complexity index is 580. The lowest BCUT2D eigenvalue weighted by Crippen LogP contribution is -2.58. The molecule has 4 heteroatoms. The Kier molecular flexibility index (Phi) is 4.92. The Labute approximate surface area is 139 Å². The third kappa shape index (κ3) is 3.17. The highest BCUT2D eigenvalue weighted by molar-refractivity contribution is 5.82. The second-order valence-electron chi connectivity index (χ2n) is 7.42. The molecule has 1 heterocycles. The first-order valence-corrected chi connectivity index (χ1v) is 8.28. The van der Waals surface area contributed by atoms with Crippen LogP contribution in [0.3, 0.4) is 0 Å². The fraction of sp³-hybridized carbons (Fsp3) is 0.632. The zero-order valence-electron chi connectivity index (χ0n) is 15.3. The second-order valence-corrected chi connectivity index (χ2v) is 7.42. The van der Waals surface area contributed by atoms with Crippen molar-refractivity contribution in [2.45, 2.75) is 58.5 Å². The molecule has 23 heavy (non-hydrogen) atoms. The van der Waals surface area contributed by atoms with Gasteiger partial charge in [-0.3, -0.25) is 0 Å². The number of benzene rings is 1. The Balaban J connectivity index is 2.64. The second kappa shape index (κ2) is 6.42. The first-order valence-electron chi connectivity index (χ1n) is 8.28. The van der Waals surface area contributed by atoms with Crippen LogP contribution >= 0.6 is 0 Å². The molecule has 0 unspecified atom stereocenters. The maximum atomic E-state index is 12.5. The van der Waals surface area contributed by atoms with Gasteiger partial charge in [-0.1, -0.05) is 26.8 Å². The largest absolute Gasteiger partial charge is 0.497 e. The SMILES string of the molecule is COC(=O)[C@@H](C(C)C)N1c2cc(OC)ccc2[C@@H](C)CC1(C)C. The van der Waals surface area contributed by atoms with Gasteiger partial charge in [0.05, 0.1) is 14.2 Å². The minimum atomic E-state index is -0.312. The van der Waals surface area contributed by atoms with Crippen molar-refractivity contribution in [3.63, 3.8) is 0 Å². The molecule has 0 bridgehead atoms. The summed E-state index contributed by atoms with van der Waals surface area (Å²) in [5.74, 6) is 1.21. The van der Waals surface area contributed by atoms with Crippen molar-refractivity contribution in [1.82, 2.24) is 0 Å². The molecule has 0 aromatic heterocycles. The molecule has 2 atom stereocenters. The number of fused-ring (bicyclic) bond motifs is 1. The van der Waals surface area contributed by atoms with E-state index in [4.69, 9.17) is 9.47 Å². The van der Waals surface area contributed by atoms with E-state index in [2.05, 4.69) is 45.6 Å². The molecule has 0 amide bonds. The van der Waals surface area contributed by atoms with Crippen LogP contribution in [0, 0.1) is 5.92 Å². The lowest BCUT2D eigenvalue weighted by atomic mass is 9.78. The monoisotopic (exact) mass is 319 g/mol. The Morgan fingerprint density at radius 1 is 1.30 bits per heavy atom. The average molecular weight is 319 g/mol. The minimum Gasteiger partial charge on any atom is -0.497 e. The number of ether oxygens (including phenoxy) is 2. The van der Waals surface area contributed by atoms with Gasteiger partial charge in [0, 0.05) is 17.3 Å². The van der Waals surface area contributed by atoms with Gasteiger partial charge >= 0.3 is 5.97 Å². The van der Waals surface area contributed by atoms with Crippen LogP contribution in [0.4, 0.5) is 5.69 Å². The summed E-state index contributed by atoms with van der Waals surface area (Å²) in [5, 5.41) is 0. The van der Waals surface area contributed by atoms with Gasteiger partial charge < -0.3 is 14.4 Å². The van der Waals surface area contributed by atoms with Gasteiger partial charge in [0.2, 0.25) is 0 Å². The number of nitrogens with zero attached hydrogens (tertiary/aromatic N) is 1. The Hall–Kier alpha value is -1.71. The lowest BCUT2D eigenvalue weighted by Gasteiger charge is -2.51. The standard InChI is InChI=1S/C19H29NO3/c1-12(2)17(18(21)23-7)20-16-10-14(22-6)8-9-15(16)13(3)11-19(20,4)5/h8-10,12-13,17H,11H2,1-7H3/t13-,17+/m0/s1. The molecule has 0 aliphatic carbocycles. The highest BCUT2D eigenvalue weighted by atomic mass is 16.5. The molecule has 1 aliphatic rings. The summed E-state index contributed by atoms with van der Waals surface area (Å²) in [5.41, 5.74) is 2.21. The topological polar surface area (TPSA) is 38.8 Å². The van der Waals surface area contributed by atoms with E-state index >= 15 is 0 Å². The van der Waals surface area contributed by atoms with Crippen molar-refractivity contribution in [3.8, 4) is 5.75 Å². The van der Waals surface area contributed by atoms with Crippen molar-refractivity contribution in [2.24, 2.45) is 5.92 Å². The number of esters is 1. The fourth-order valence-electron chi connectivity index (χ4n) is 3.88. The van der Waals surface area contributed by atoms with Gasteiger partial charge in [-0.25, -0.2) is 4.79 Å². The Morgan fingerprint density at radius 2 is 1.96 bits per heavy atom. The predicted molar refractivity (Wildman–Crippen MR) is 93.2 cm³/mol. The van der Waals surface area contributed by atoms with E-state index in [1.54, 1.807) is 7.11 Å². The summed E-state index contributed by atoms with van der Waals surface area (Å²) < 4.78 is 10.5. The smallest absolute Gasteiger partial charge is 0.328 e. The van der Waals surface area contributed by atoms with Crippen LogP contribution < -0.4 is 9.64 Å². The van der Waals surface area contributed by atoms with Crippen LogP contribution in [0.1, 0.15) is 52.5 Å². The average Bonchev–Trinajstić information content (AvgIpc) is 2.49. The highest BCUT2D eigenvalue weighted by Gasteiger charge is 2.44. The molecule has 0 fully saturated rings. The molecule has 1 aromatic carbocycles. The van der Waals surface area contributed by atoms with Crippen molar-refractivity contribution < 1.29 is 14.3 Å². The molecule has 128 valence electrons. The third-order valence-electron chi connectivity index (χ3n) is 4.84. The summed E-state index contributed by atoms with van der Waals surface area (Å²) in [6.07, 6.45) is 0.993. The van der Waals surface area contributed by atoms with Gasteiger partial charge in [0.1, 0.15) is 11.8 Å². The zero-order valence-corrected chi connectivity index (χ0v) is 15.3. The molecule has 0 saturated carbocycles. The quantitative estimate of drug-likeness (QED) is 0.787.